The SMILES string of the molecule is Cc1ccc(OCC2(CBr)CCCC2)c(Br)c1. The van der Waals surface area contributed by atoms with Crippen molar-refractivity contribution in [3.63, 3.8) is 0 Å². The van der Waals surface area contributed by atoms with Crippen LogP contribution in [0.25, 0.3) is 0 Å². The molecule has 0 saturated heterocycles. The number of alkyl halides is 1. The Bertz CT molecular complexity index is 384. The summed E-state index contributed by atoms with van der Waals surface area (Å²) in [4.78, 5) is 0. The zero-order chi connectivity index (χ0) is 12.3. The van der Waals surface area contributed by atoms with Crippen LogP contribution in [-0.4, -0.2) is 11.9 Å². The Morgan fingerprint density at radius 3 is 2.59 bits per heavy atom. The molecule has 0 aliphatic heterocycles. The molecule has 0 amide bonds. The maximum Gasteiger partial charge on any atom is 0.133 e. The van der Waals surface area contributed by atoms with Crippen LogP contribution in [0.15, 0.2) is 22.7 Å². The fourth-order valence-corrected chi connectivity index (χ4v) is 3.73. The Morgan fingerprint density at radius 2 is 2.00 bits per heavy atom. The van der Waals surface area contributed by atoms with E-state index in [1.54, 1.807) is 0 Å². The van der Waals surface area contributed by atoms with Crippen LogP contribution in [0, 0.1) is 12.3 Å². The third kappa shape index (κ3) is 3.25. The summed E-state index contributed by atoms with van der Waals surface area (Å²) in [7, 11) is 0. The highest BCUT2D eigenvalue weighted by Crippen LogP contribution is 2.40. The van der Waals surface area contributed by atoms with Crippen molar-refractivity contribution in [2.45, 2.75) is 32.6 Å². The predicted octanol–water partition coefficient (Wildman–Crippen LogP) is 5.09. The Hall–Kier alpha value is -0.0200. The molecular weight excluding hydrogens is 344 g/mol. The number of rotatable bonds is 4. The van der Waals surface area contributed by atoms with Gasteiger partial charge in [0.05, 0.1) is 11.1 Å². The number of benzene rings is 1. The number of hydrogen-bond donors (Lipinski definition) is 0. The van der Waals surface area contributed by atoms with Gasteiger partial charge in [0.2, 0.25) is 0 Å². The minimum atomic E-state index is 0.352. The molecule has 94 valence electrons. The maximum absolute atomic E-state index is 5.99. The highest BCUT2D eigenvalue weighted by atomic mass is 79.9. The molecule has 1 aliphatic rings. The first-order chi connectivity index (χ1) is 8.15. The van der Waals surface area contributed by atoms with Gasteiger partial charge in [-0.1, -0.05) is 34.8 Å². The molecule has 1 aromatic rings. The summed E-state index contributed by atoms with van der Waals surface area (Å²) in [6.07, 6.45) is 5.23. The van der Waals surface area contributed by atoms with E-state index >= 15 is 0 Å². The minimum Gasteiger partial charge on any atom is -0.492 e. The van der Waals surface area contributed by atoms with Gasteiger partial charge in [-0.05, 0) is 53.4 Å². The molecule has 2 rings (SSSR count). The smallest absolute Gasteiger partial charge is 0.133 e. The average molecular weight is 362 g/mol. The zero-order valence-corrected chi connectivity index (χ0v) is 13.3. The molecule has 0 atom stereocenters. The van der Waals surface area contributed by atoms with Crippen molar-refractivity contribution in [2.24, 2.45) is 5.41 Å². The van der Waals surface area contributed by atoms with Crippen LogP contribution < -0.4 is 4.74 Å². The highest BCUT2D eigenvalue weighted by molar-refractivity contribution is 9.10. The monoisotopic (exact) mass is 360 g/mol. The summed E-state index contributed by atoms with van der Waals surface area (Å²) in [5, 5.41) is 1.05. The molecule has 0 aromatic heterocycles. The summed E-state index contributed by atoms with van der Waals surface area (Å²) in [5.41, 5.74) is 1.60. The van der Waals surface area contributed by atoms with E-state index in [0.717, 1.165) is 22.2 Å². The van der Waals surface area contributed by atoms with Crippen LogP contribution >= 0.6 is 31.9 Å². The summed E-state index contributed by atoms with van der Waals surface area (Å²) in [6, 6.07) is 6.25. The average Bonchev–Trinajstić information content (AvgIpc) is 2.77. The molecular formula is C14H18Br2O. The number of ether oxygens (including phenoxy) is 1. The van der Waals surface area contributed by atoms with Gasteiger partial charge < -0.3 is 4.74 Å². The minimum absolute atomic E-state index is 0.352. The quantitative estimate of drug-likeness (QED) is 0.678. The van der Waals surface area contributed by atoms with Gasteiger partial charge in [0.15, 0.2) is 0 Å². The van der Waals surface area contributed by atoms with Gasteiger partial charge in [-0.3, -0.25) is 0 Å². The molecule has 17 heavy (non-hydrogen) atoms. The number of hydrogen-bond acceptors (Lipinski definition) is 1. The third-order valence-corrected chi connectivity index (χ3v) is 5.38. The standard InChI is InChI=1S/C14H18Br2O/c1-11-4-5-13(12(16)8-11)17-10-14(9-15)6-2-3-7-14/h4-5,8H,2-3,6-7,9-10H2,1H3. The Kier molecular flexibility index (Phi) is 4.53. The van der Waals surface area contributed by atoms with Crippen LogP contribution in [0.1, 0.15) is 31.2 Å². The van der Waals surface area contributed by atoms with Crippen molar-refractivity contribution in [1.29, 1.82) is 0 Å². The first kappa shape index (κ1) is 13.4. The van der Waals surface area contributed by atoms with Crippen molar-refractivity contribution in [3.05, 3.63) is 28.2 Å². The molecule has 0 radical (unpaired) electrons. The third-order valence-electron chi connectivity index (χ3n) is 3.57. The van der Waals surface area contributed by atoms with Crippen molar-refractivity contribution in [2.75, 3.05) is 11.9 Å². The Balaban J connectivity index is 2.01. The molecule has 1 fully saturated rings. The topological polar surface area (TPSA) is 9.23 Å². The van der Waals surface area contributed by atoms with E-state index < -0.39 is 0 Å². The van der Waals surface area contributed by atoms with E-state index in [4.69, 9.17) is 4.74 Å². The molecule has 0 N–H and O–H groups in total. The van der Waals surface area contributed by atoms with E-state index in [2.05, 4.69) is 57.0 Å². The molecule has 0 heterocycles. The van der Waals surface area contributed by atoms with Crippen molar-refractivity contribution in [1.82, 2.24) is 0 Å². The number of halogens is 2. The summed E-state index contributed by atoms with van der Waals surface area (Å²) >= 11 is 7.20. The fourth-order valence-electron chi connectivity index (χ4n) is 2.40. The highest BCUT2D eigenvalue weighted by Gasteiger charge is 2.33. The van der Waals surface area contributed by atoms with Crippen LogP contribution in [-0.2, 0) is 0 Å². The lowest BCUT2D eigenvalue weighted by molar-refractivity contribution is 0.173. The summed E-state index contributed by atoms with van der Waals surface area (Å²) in [6.45, 7) is 2.91. The van der Waals surface area contributed by atoms with E-state index in [9.17, 15) is 0 Å². The van der Waals surface area contributed by atoms with Gasteiger partial charge >= 0.3 is 0 Å². The fraction of sp³-hybridized carbons (Fsp3) is 0.571. The molecule has 1 aliphatic carbocycles. The Morgan fingerprint density at radius 1 is 1.29 bits per heavy atom. The van der Waals surface area contributed by atoms with Gasteiger partial charge in [-0.25, -0.2) is 0 Å². The molecule has 0 unspecified atom stereocenters. The lowest BCUT2D eigenvalue weighted by atomic mass is 9.90. The van der Waals surface area contributed by atoms with E-state index in [1.165, 1.54) is 31.2 Å². The van der Waals surface area contributed by atoms with Gasteiger partial charge in [0, 0.05) is 10.7 Å². The van der Waals surface area contributed by atoms with Gasteiger partial charge in [0.25, 0.3) is 0 Å². The van der Waals surface area contributed by atoms with Gasteiger partial charge in [-0.15, -0.1) is 0 Å². The summed E-state index contributed by atoms with van der Waals surface area (Å²) in [5.74, 6) is 0.961. The largest absolute Gasteiger partial charge is 0.492 e. The number of aryl methyl sites for hydroxylation is 1. The normalized spacial score (nSPS) is 18.3. The van der Waals surface area contributed by atoms with Crippen LogP contribution in [0.3, 0.4) is 0 Å². The second kappa shape index (κ2) is 5.75. The first-order valence-corrected chi connectivity index (χ1v) is 8.02. The van der Waals surface area contributed by atoms with E-state index in [1.807, 2.05) is 0 Å². The predicted molar refractivity (Wildman–Crippen MR) is 79.1 cm³/mol. The van der Waals surface area contributed by atoms with Crippen LogP contribution in [0.2, 0.25) is 0 Å². The molecule has 0 spiro atoms. The summed E-state index contributed by atoms with van der Waals surface area (Å²) < 4.78 is 7.05. The van der Waals surface area contributed by atoms with Gasteiger partial charge in [-0.2, -0.15) is 0 Å². The van der Waals surface area contributed by atoms with E-state index in [-0.39, 0.29) is 0 Å². The first-order valence-electron chi connectivity index (χ1n) is 6.10. The maximum atomic E-state index is 5.99. The molecule has 1 saturated carbocycles. The molecule has 1 nitrogen and oxygen atoms in total. The van der Waals surface area contributed by atoms with Crippen LogP contribution in [0.5, 0.6) is 5.75 Å². The zero-order valence-electron chi connectivity index (χ0n) is 10.1. The molecule has 0 bridgehead atoms. The second-order valence-corrected chi connectivity index (χ2v) is 6.48. The van der Waals surface area contributed by atoms with E-state index in [0.29, 0.717) is 5.41 Å². The lowest BCUT2D eigenvalue weighted by Gasteiger charge is -2.26. The molecule has 1 aromatic carbocycles. The lowest BCUT2D eigenvalue weighted by Crippen LogP contribution is -2.27. The van der Waals surface area contributed by atoms with Crippen molar-refractivity contribution >= 4 is 31.9 Å². The van der Waals surface area contributed by atoms with Crippen LogP contribution in [0.4, 0.5) is 0 Å². The Labute approximate surface area is 120 Å². The molecule has 3 heteroatoms. The van der Waals surface area contributed by atoms with Gasteiger partial charge in [0.1, 0.15) is 5.75 Å². The van der Waals surface area contributed by atoms with Crippen molar-refractivity contribution in [3.8, 4) is 5.75 Å². The van der Waals surface area contributed by atoms with Crippen molar-refractivity contribution < 1.29 is 4.74 Å². The second-order valence-electron chi connectivity index (χ2n) is 5.06.